The van der Waals surface area contributed by atoms with E-state index in [9.17, 15) is 0 Å². The number of rotatable bonds is 5. The predicted octanol–water partition coefficient (Wildman–Crippen LogP) is 4.30. The molecule has 0 radical (unpaired) electrons. The van der Waals surface area contributed by atoms with Crippen LogP contribution in [0.4, 0.5) is 0 Å². The summed E-state index contributed by atoms with van der Waals surface area (Å²) in [4.78, 5) is 0. The van der Waals surface area contributed by atoms with Gasteiger partial charge in [0.25, 0.3) is 0 Å². The Hall–Kier alpha value is -3.58. The minimum absolute atomic E-state index is 0.0675. The Kier molecular flexibility index (Phi) is 4.52. The van der Waals surface area contributed by atoms with Gasteiger partial charge in [0.15, 0.2) is 35.0 Å². The SMILES string of the molecule is COc1ccc(C2Oc3c(OC)cccc3C3C=C(c4ccco4)NN32)cc1OC. The van der Waals surface area contributed by atoms with Gasteiger partial charge < -0.3 is 28.8 Å². The van der Waals surface area contributed by atoms with Crippen molar-refractivity contribution in [1.29, 1.82) is 0 Å². The Morgan fingerprint density at radius 1 is 0.900 bits per heavy atom. The topological polar surface area (TPSA) is 65.3 Å². The molecule has 1 aromatic heterocycles. The molecule has 0 saturated carbocycles. The van der Waals surface area contributed by atoms with Crippen LogP contribution in [0.25, 0.3) is 5.70 Å². The molecule has 2 atom stereocenters. The number of hydrogen-bond donors (Lipinski definition) is 1. The van der Waals surface area contributed by atoms with Gasteiger partial charge in [-0.05, 0) is 42.5 Å². The van der Waals surface area contributed by atoms with Gasteiger partial charge in [0.1, 0.15) is 0 Å². The van der Waals surface area contributed by atoms with Crippen LogP contribution in [0.2, 0.25) is 0 Å². The van der Waals surface area contributed by atoms with E-state index in [1.165, 1.54) is 0 Å². The van der Waals surface area contributed by atoms with Crippen LogP contribution in [-0.4, -0.2) is 26.3 Å². The highest BCUT2D eigenvalue weighted by Crippen LogP contribution is 2.50. The van der Waals surface area contributed by atoms with E-state index >= 15 is 0 Å². The first-order chi connectivity index (χ1) is 14.7. The van der Waals surface area contributed by atoms with Crippen molar-refractivity contribution in [1.82, 2.24) is 10.4 Å². The summed E-state index contributed by atoms with van der Waals surface area (Å²) in [6, 6.07) is 15.4. The maximum Gasteiger partial charge on any atom is 0.196 e. The normalized spacial score (nSPS) is 19.8. The second kappa shape index (κ2) is 7.35. The third-order valence-corrected chi connectivity index (χ3v) is 5.38. The molecule has 0 amide bonds. The number of ether oxygens (including phenoxy) is 4. The lowest BCUT2D eigenvalue weighted by Crippen LogP contribution is -2.43. The zero-order chi connectivity index (χ0) is 20.7. The second-order valence-electron chi connectivity index (χ2n) is 6.98. The fourth-order valence-corrected chi connectivity index (χ4v) is 3.95. The number of hydrazine groups is 1. The van der Waals surface area contributed by atoms with Crippen LogP contribution in [0.5, 0.6) is 23.0 Å². The highest BCUT2D eigenvalue weighted by molar-refractivity contribution is 5.65. The highest BCUT2D eigenvalue weighted by Gasteiger charge is 2.42. The summed E-state index contributed by atoms with van der Waals surface area (Å²) in [5.74, 6) is 3.48. The molecule has 7 heteroatoms. The molecule has 5 rings (SSSR count). The quantitative estimate of drug-likeness (QED) is 0.678. The van der Waals surface area contributed by atoms with Crippen molar-refractivity contribution >= 4 is 5.70 Å². The van der Waals surface area contributed by atoms with Gasteiger partial charge in [-0.2, -0.15) is 5.01 Å². The molecular formula is C23H22N2O5. The van der Waals surface area contributed by atoms with Gasteiger partial charge in [0.05, 0.1) is 39.3 Å². The number of fused-ring (bicyclic) bond motifs is 3. The van der Waals surface area contributed by atoms with Crippen LogP contribution in [0.1, 0.15) is 29.2 Å². The number of nitrogens with one attached hydrogen (secondary N) is 1. The predicted molar refractivity (Wildman–Crippen MR) is 110 cm³/mol. The number of benzene rings is 2. The Bertz CT molecular complexity index is 1090. The summed E-state index contributed by atoms with van der Waals surface area (Å²) in [6.07, 6.45) is 3.37. The lowest BCUT2D eigenvalue weighted by Gasteiger charge is -2.39. The van der Waals surface area contributed by atoms with Crippen molar-refractivity contribution in [2.24, 2.45) is 0 Å². The average Bonchev–Trinajstić information content (AvgIpc) is 3.47. The lowest BCUT2D eigenvalue weighted by molar-refractivity contribution is -0.0345. The molecule has 3 aromatic rings. The molecule has 0 bridgehead atoms. The molecule has 0 aliphatic carbocycles. The number of nitrogens with zero attached hydrogens (tertiary/aromatic N) is 1. The molecule has 2 unspecified atom stereocenters. The van der Waals surface area contributed by atoms with E-state index in [0.29, 0.717) is 17.2 Å². The van der Waals surface area contributed by atoms with E-state index in [4.69, 9.17) is 23.4 Å². The van der Waals surface area contributed by atoms with Gasteiger partial charge >= 0.3 is 0 Å². The van der Waals surface area contributed by atoms with Crippen LogP contribution in [0.3, 0.4) is 0 Å². The largest absolute Gasteiger partial charge is 0.493 e. The second-order valence-corrected chi connectivity index (χ2v) is 6.98. The number of para-hydroxylation sites is 1. The van der Waals surface area contributed by atoms with Crippen molar-refractivity contribution in [3.63, 3.8) is 0 Å². The number of methoxy groups -OCH3 is 3. The fourth-order valence-electron chi connectivity index (χ4n) is 3.95. The molecule has 0 spiro atoms. The van der Waals surface area contributed by atoms with Crippen molar-refractivity contribution in [3.8, 4) is 23.0 Å². The molecule has 154 valence electrons. The van der Waals surface area contributed by atoms with Crippen molar-refractivity contribution in [2.45, 2.75) is 12.3 Å². The summed E-state index contributed by atoms with van der Waals surface area (Å²) in [5.41, 5.74) is 6.26. The van der Waals surface area contributed by atoms with Crippen molar-refractivity contribution in [2.75, 3.05) is 21.3 Å². The highest BCUT2D eigenvalue weighted by atomic mass is 16.5. The molecule has 0 saturated heterocycles. The summed E-state index contributed by atoms with van der Waals surface area (Å²) < 4.78 is 28.5. The Morgan fingerprint density at radius 3 is 2.47 bits per heavy atom. The Morgan fingerprint density at radius 2 is 1.73 bits per heavy atom. The molecule has 7 nitrogen and oxygen atoms in total. The van der Waals surface area contributed by atoms with Crippen LogP contribution < -0.4 is 24.4 Å². The van der Waals surface area contributed by atoms with E-state index in [2.05, 4.69) is 16.5 Å². The third kappa shape index (κ3) is 2.86. The summed E-state index contributed by atoms with van der Waals surface area (Å²) >= 11 is 0. The van der Waals surface area contributed by atoms with Gasteiger partial charge in [0, 0.05) is 11.1 Å². The molecule has 2 aromatic carbocycles. The van der Waals surface area contributed by atoms with Crippen LogP contribution in [0.15, 0.2) is 65.3 Å². The van der Waals surface area contributed by atoms with E-state index in [1.807, 2.05) is 48.5 Å². The maximum absolute atomic E-state index is 6.47. The summed E-state index contributed by atoms with van der Waals surface area (Å²) in [6.45, 7) is 0. The van der Waals surface area contributed by atoms with E-state index in [0.717, 1.165) is 28.3 Å². The van der Waals surface area contributed by atoms with Crippen molar-refractivity contribution in [3.05, 3.63) is 77.8 Å². The third-order valence-electron chi connectivity index (χ3n) is 5.38. The summed E-state index contributed by atoms with van der Waals surface area (Å²) in [7, 11) is 4.89. The molecule has 1 N–H and O–H groups in total. The van der Waals surface area contributed by atoms with E-state index in [1.54, 1.807) is 27.6 Å². The van der Waals surface area contributed by atoms with Gasteiger partial charge in [-0.3, -0.25) is 0 Å². The monoisotopic (exact) mass is 406 g/mol. The molecule has 0 fully saturated rings. The van der Waals surface area contributed by atoms with Crippen LogP contribution in [-0.2, 0) is 0 Å². The van der Waals surface area contributed by atoms with E-state index < -0.39 is 6.23 Å². The number of furan rings is 1. The van der Waals surface area contributed by atoms with Gasteiger partial charge in [-0.1, -0.05) is 12.1 Å². The van der Waals surface area contributed by atoms with Crippen molar-refractivity contribution < 1.29 is 23.4 Å². The Labute approximate surface area is 174 Å². The van der Waals surface area contributed by atoms with Gasteiger partial charge in [-0.25, -0.2) is 0 Å². The molecule has 2 aliphatic rings. The Balaban J connectivity index is 1.61. The zero-order valence-electron chi connectivity index (χ0n) is 16.9. The lowest BCUT2D eigenvalue weighted by atomic mass is 10.0. The van der Waals surface area contributed by atoms with Gasteiger partial charge in [0.2, 0.25) is 0 Å². The molecule has 3 heterocycles. The standard InChI is InChI=1S/C23H22N2O5/c1-26-19-10-9-14(12-21(19)28-3)23-25-17(13-16(24-25)18-8-5-11-29-18)15-6-4-7-20(27-2)22(15)30-23/h4-13,17,23-24H,1-3H3. The minimum atomic E-state index is -0.428. The van der Waals surface area contributed by atoms with E-state index in [-0.39, 0.29) is 6.04 Å². The first-order valence-electron chi connectivity index (χ1n) is 9.59. The maximum atomic E-state index is 6.47. The van der Waals surface area contributed by atoms with Gasteiger partial charge in [-0.15, -0.1) is 0 Å². The summed E-state index contributed by atoms with van der Waals surface area (Å²) in [5, 5.41) is 2.06. The average molecular weight is 406 g/mol. The number of hydrogen-bond acceptors (Lipinski definition) is 7. The first kappa shape index (κ1) is 18.4. The molecular weight excluding hydrogens is 384 g/mol. The van der Waals surface area contributed by atoms with Crippen LogP contribution >= 0.6 is 0 Å². The zero-order valence-corrected chi connectivity index (χ0v) is 16.9. The minimum Gasteiger partial charge on any atom is -0.493 e. The first-order valence-corrected chi connectivity index (χ1v) is 9.59. The molecule has 30 heavy (non-hydrogen) atoms. The smallest absolute Gasteiger partial charge is 0.196 e. The molecule has 2 aliphatic heterocycles. The fraction of sp³-hybridized carbons (Fsp3) is 0.217. The van der Waals surface area contributed by atoms with Crippen LogP contribution in [0, 0.1) is 0 Å².